The highest BCUT2D eigenvalue weighted by Crippen LogP contribution is 2.17. The first-order valence-electron chi connectivity index (χ1n) is 6.22. The van der Waals surface area contributed by atoms with Gasteiger partial charge in [-0.1, -0.05) is 0 Å². The molecule has 0 saturated carbocycles. The predicted molar refractivity (Wildman–Crippen MR) is 68.4 cm³/mol. The molecule has 0 amide bonds. The van der Waals surface area contributed by atoms with E-state index in [9.17, 15) is 8.42 Å². The van der Waals surface area contributed by atoms with E-state index in [1.807, 2.05) is 14.1 Å². The van der Waals surface area contributed by atoms with E-state index in [0.29, 0.717) is 32.0 Å². The van der Waals surface area contributed by atoms with Gasteiger partial charge in [0.25, 0.3) is 0 Å². The van der Waals surface area contributed by atoms with Gasteiger partial charge >= 0.3 is 0 Å². The fraction of sp³-hybridized carbons (Fsp3) is 1.00. The van der Waals surface area contributed by atoms with Crippen LogP contribution in [0.2, 0.25) is 0 Å². The van der Waals surface area contributed by atoms with E-state index in [4.69, 9.17) is 5.11 Å². The van der Waals surface area contributed by atoms with E-state index >= 15 is 0 Å². The third-order valence-electron chi connectivity index (χ3n) is 3.29. The molecule has 0 aliphatic carbocycles. The number of aliphatic hydroxyl groups excluding tert-OH is 1. The average molecular weight is 264 g/mol. The van der Waals surface area contributed by atoms with E-state index < -0.39 is 10.0 Å². The third-order valence-corrected chi connectivity index (χ3v) is 5.22. The monoisotopic (exact) mass is 264 g/mol. The van der Waals surface area contributed by atoms with Crippen molar-refractivity contribution in [3.63, 3.8) is 0 Å². The highest BCUT2D eigenvalue weighted by Gasteiger charge is 2.29. The van der Waals surface area contributed by atoms with Crippen LogP contribution in [-0.4, -0.2) is 68.3 Å². The molecule has 1 aliphatic heterocycles. The Hall–Kier alpha value is -0.170. The number of piperidine rings is 1. The smallest absolute Gasteiger partial charge is 0.214 e. The minimum atomic E-state index is -3.13. The van der Waals surface area contributed by atoms with Gasteiger partial charge in [-0.3, -0.25) is 0 Å². The lowest BCUT2D eigenvalue weighted by atomic mass is 10.1. The number of hydrogen-bond donors (Lipinski definition) is 1. The topological polar surface area (TPSA) is 60.9 Å². The quantitative estimate of drug-likeness (QED) is 0.692. The summed E-state index contributed by atoms with van der Waals surface area (Å²) in [5, 5.41) is 8.67. The van der Waals surface area contributed by atoms with Crippen LogP contribution in [0.3, 0.4) is 0 Å². The maximum Gasteiger partial charge on any atom is 0.214 e. The van der Waals surface area contributed by atoms with Crippen molar-refractivity contribution in [3.05, 3.63) is 0 Å². The van der Waals surface area contributed by atoms with Crippen molar-refractivity contribution in [1.82, 2.24) is 9.21 Å². The van der Waals surface area contributed by atoms with Crippen molar-refractivity contribution < 1.29 is 13.5 Å². The zero-order valence-corrected chi connectivity index (χ0v) is 11.6. The molecule has 17 heavy (non-hydrogen) atoms. The molecule has 102 valence electrons. The Morgan fingerprint density at radius 2 is 2.06 bits per heavy atom. The summed E-state index contributed by atoms with van der Waals surface area (Å²) in [6, 6.07) is 0.330. The highest BCUT2D eigenvalue weighted by molar-refractivity contribution is 7.89. The fourth-order valence-electron chi connectivity index (χ4n) is 2.12. The summed E-state index contributed by atoms with van der Waals surface area (Å²) in [5.74, 6) is 0.160. The Morgan fingerprint density at radius 3 is 2.65 bits per heavy atom. The molecule has 0 radical (unpaired) electrons. The molecule has 1 N–H and O–H groups in total. The number of hydrogen-bond acceptors (Lipinski definition) is 4. The molecule has 1 aliphatic rings. The van der Waals surface area contributed by atoms with Gasteiger partial charge in [-0.15, -0.1) is 0 Å². The van der Waals surface area contributed by atoms with Crippen LogP contribution in [0.15, 0.2) is 0 Å². The van der Waals surface area contributed by atoms with E-state index in [-0.39, 0.29) is 12.4 Å². The summed E-state index contributed by atoms with van der Waals surface area (Å²) in [6.07, 6.45) is 3.10. The summed E-state index contributed by atoms with van der Waals surface area (Å²) < 4.78 is 25.7. The average Bonchev–Trinajstić information content (AvgIpc) is 2.29. The first-order chi connectivity index (χ1) is 7.97. The van der Waals surface area contributed by atoms with E-state index in [2.05, 4.69) is 4.90 Å². The van der Waals surface area contributed by atoms with Crippen molar-refractivity contribution in [2.75, 3.05) is 39.5 Å². The Morgan fingerprint density at radius 1 is 1.35 bits per heavy atom. The molecular formula is C11H24N2O3S. The molecule has 1 unspecified atom stereocenters. The summed E-state index contributed by atoms with van der Waals surface area (Å²) in [6.45, 7) is 1.32. The van der Waals surface area contributed by atoms with Gasteiger partial charge in [0.15, 0.2) is 0 Å². The number of aliphatic hydroxyl groups is 1. The number of rotatable bonds is 6. The minimum Gasteiger partial charge on any atom is -0.396 e. The van der Waals surface area contributed by atoms with Crippen LogP contribution in [-0.2, 0) is 10.0 Å². The zero-order chi connectivity index (χ0) is 12.9. The lowest BCUT2D eigenvalue weighted by molar-refractivity contribution is 0.190. The second-order valence-electron chi connectivity index (χ2n) is 4.86. The van der Waals surface area contributed by atoms with Gasteiger partial charge in [0.1, 0.15) is 0 Å². The van der Waals surface area contributed by atoms with Crippen molar-refractivity contribution >= 4 is 10.0 Å². The van der Waals surface area contributed by atoms with Crippen molar-refractivity contribution in [3.8, 4) is 0 Å². The first-order valence-corrected chi connectivity index (χ1v) is 7.83. The van der Waals surface area contributed by atoms with Gasteiger partial charge in [0.05, 0.1) is 5.75 Å². The van der Waals surface area contributed by atoms with Crippen LogP contribution in [0.25, 0.3) is 0 Å². The van der Waals surface area contributed by atoms with E-state index in [1.165, 1.54) is 0 Å². The Balaban J connectivity index is 2.52. The van der Waals surface area contributed by atoms with E-state index in [0.717, 1.165) is 12.8 Å². The van der Waals surface area contributed by atoms with Crippen LogP contribution in [0.1, 0.15) is 25.7 Å². The van der Waals surface area contributed by atoms with Crippen LogP contribution in [0.5, 0.6) is 0 Å². The maximum atomic E-state index is 12.1. The Kier molecular flexibility index (Phi) is 5.85. The molecule has 0 aromatic rings. The molecule has 5 nitrogen and oxygen atoms in total. The lowest BCUT2D eigenvalue weighted by Gasteiger charge is -2.35. The Labute approximate surface area is 104 Å². The van der Waals surface area contributed by atoms with Gasteiger partial charge in [0, 0.05) is 25.7 Å². The summed E-state index contributed by atoms with van der Waals surface area (Å²) >= 11 is 0. The SMILES string of the molecule is CN(C)C1CCCN(S(=O)(=O)CCCCO)C1. The Bertz CT molecular complexity index is 317. The summed E-state index contributed by atoms with van der Waals surface area (Å²) in [5.41, 5.74) is 0. The van der Waals surface area contributed by atoms with Gasteiger partial charge in [-0.25, -0.2) is 12.7 Å². The lowest BCUT2D eigenvalue weighted by Crippen LogP contribution is -2.48. The van der Waals surface area contributed by atoms with Crippen molar-refractivity contribution in [2.45, 2.75) is 31.7 Å². The molecule has 0 spiro atoms. The third kappa shape index (κ3) is 4.54. The highest BCUT2D eigenvalue weighted by atomic mass is 32.2. The normalized spacial score (nSPS) is 23.2. The molecule has 0 aromatic carbocycles. The second-order valence-corrected chi connectivity index (χ2v) is 6.95. The van der Waals surface area contributed by atoms with Gasteiger partial charge in [-0.2, -0.15) is 0 Å². The first kappa shape index (κ1) is 14.9. The molecule has 0 bridgehead atoms. The van der Waals surface area contributed by atoms with Crippen molar-refractivity contribution in [1.29, 1.82) is 0 Å². The number of likely N-dealkylation sites (N-methyl/N-ethyl adjacent to an activating group) is 1. The van der Waals surface area contributed by atoms with Crippen LogP contribution < -0.4 is 0 Å². The molecule has 1 saturated heterocycles. The standard InChI is InChI=1S/C11H24N2O3S/c1-12(2)11-6-5-7-13(10-11)17(15,16)9-4-3-8-14/h11,14H,3-10H2,1-2H3. The largest absolute Gasteiger partial charge is 0.396 e. The number of nitrogens with zero attached hydrogens (tertiary/aromatic N) is 2. The molecular weight excluding hydrogens is 240 g/mol. The molecule has 1 atom stereocenters. The molecule has 6 heteroatoms. The number of unbranched alkanes of at least 4 members (excludes halogenated alkanes) is 1. The van der Waals surface area contributed by atoms with Crippen LogP contribution in [0, 0.1) is 0 Å². The molecule has 0 aromatic heterocycles. The fourth-order valence-corrected chi connectivity index (χ4v) is 3.75. The van der Waals surface area contributed by atoms with E-state index in [1.54, 1.807) is 4.31 Å². The molecule has 1 fully saturated rings. The molecule has 1 heterocycles. The number of sulfonamides is 1. The zero-order valence-electron chi connectivity index (χ0n) is 10.8. The van der Waals surface area contributed by atoms with Crippen molar-refractivity contribution in [2.24, 2.45) is 0 Å². The van der Waals surface area contributed by atoms with Gasteiger partial charge in [-0.05, 0) is 39.8 Å². The predicted octanol–water partition coefficient (Wildman–Crippen LogP) is 0.115. The summed E-state index contributed by atoms with van der Waals surface area (Å²) in [4.78, 5) is 2.09. The minimum absolute atomic E-state index is 0.0653. The maximum absolute atomic E-state index is 12.1. The van der Waals surface area contributed by atoms with Crippen LogP contribution >= 0.6 is 0 Å². The molecule has 1 rings (SSSR count). The van der Waals surface area contributed by atoms with Gasteiger partial charge < -0.3 is 10.0 Å². The summed E-state index contributed by atoms with van der Waals surface area (Å²) in [7, 11) is 0.859. The van der Waals surface area contributed by atoms with Gasteiger partial charge in [0.2, 0.25) is 10.0 Å². The second kappa shape index (κ2) is 6.68. The van der Waals surface area contributed by atoms with Crippen LogP contribution in [0.4, 0.5) is 0 Å².